The first-order valence-corrected chi connectivity index (χ1v) is 8.60. The van der Waals surface area contributed by atoms with Gasteiger partial charge >= 0.3 is 0 Å². The smallest absolute Gasteiger partial charge is 0.242 e. The second kappa shape index (κ2) is 6.75. The largest absolute Gasteiger partial charge is 0.341 e. The lowest BCUT2D eigenvalue weighted by Crippen LogP contribution is -2.59. The van der Waals surface area contributed by atoms with Crippen LogP contribution in [0.5, 0.6) is 0 Å². The number of carbonyl (C=O) groups is 2. The average molecular weight is 325 g/mol. The van der Waals surface area contributed by atoms with Crippen LogP contribution in [0.2, 0.25) is 0 Å². The van der Waals surface area contributed by atoms with Gasteiger partial charge in [0, 0.05) is 26.2 Å². The van der Waals surface area contributed by atoms with Gasteiger partial charge in [-0.25, -0.2) is 9.78 Å². The van der Waals surface area contributed by atoms with Gasteiger partial charge in [0.15, 0.2) is 0 Å². The molecule has 3 rings (SSSR count). The summed E-state index contributed by atoms with van der Waals surface area (Å²) in [5.41, 5.74) is -0.163. The topological polar surface area (TPSA) is 71.1 Å². The van der Waals surface area contributed by atoms with E-state index < -0.39 is 0 Å². The fourth-order valence-electron chi connectivity index (χ4n) is 3.48. The third-order valence-electron chi connectivity index (χ3n) is 5.00. The van der Waals surface area contributed by atoms with Crippen LogP contribution in [0, 0.1) is 5.92 Å². The highest BCUT2D eigenvalue weighted by Gasteiger charge is 2.45. The molecule has 7 nitrogen and oxygen atoms in total. The second-order valence-corrected chi connectivity index (χ2v) is 7.31. The van der Waals surface area contributed by atoms with Gasteiger partial charge in [0.1, 0.15) is 12.2 Å². The molecule has 2 amide bonds. The number of hydrogen-bond acceptors (Lipinski definition) is 5. The SMILES string of the molecule is CC(C)CC1NCCN(CC(=O)N2CCC3(CC2)COO3)C1=O. The molecule has 23 heavy (non-hydrogen) atoms. The van der Waals surface area contributed by atoms with Gasteiger partial charge in [0.05, 0.1) is 12.6 Å². The summed E-state index contributed by atoms with van der Waals surface area (Å²) in [7, 11) is 0. The van der Waals surface area contributed by atoms with E-state index in [1.54, 1.807) is 4.90 Å². The number of nitrogens with zero attached hydrogens (tertiary/aromatic N) is 2. The van der Waals surface area contributed by atoms with Gasteiger partial charge in [-0.1, -0.05) is 13.8 Å². The second-order valence-electron chi connectivity index (χ2n) is 7.31. The molecule has 3 fully saturated rings. The van der Waals surface area contributed by atoms with E-state index in [0.717, 1.165) is 25.8 Å². The number of likely N-dealkylation sites (tertiary alicyclic amines) is 1. The Kier molecular flexibility index (Phi) is 4.89. The number of piperazine rings is 1. The maximum atomic E-state index is 12.5. The molecule has 3 saturated heterocycles. The summed E-state index contributed by atoms with van der Waals surface area (Å²) >= 11 is 0. The fourth-order valence-corrected chi connectivity index (χ4v) is 3.48. The molecular weight excluding hydrogens is 298 g/mol. The van der Waals surface area contributed by atoms with Crippen molar-refractivity contribution in [2.24, 2.45) is 5.92 Å². The Hall–Kier alpha value is -1.18. The van der Waals surface area contributed by atoms with Crippen molar-refractivity contribution in [3.05, 3.63) is 0 Å². The zero-order valence-corrected chi connectivity index (χ0v) is 14.0. The van der Waals surface area contributed by atoms with E-state index in [-0.39, 0.29) is 30.0 Å². The fraction of sp³-hybridized carbons (Fsp3) is 0.875. The molecular formula is C16H27N3O4. The maximum Gasteiger partial charge on any atom is 0.242 e. The monoisotopic (exact) mass is 325 g/mol. The van der Waals surface area contributed by atoms with Crippen LogP contribution in [-0.4, -0.2) is 72.6 Å². The van der Waals surface area contributed by atoms with Gasteiger partial charge in [0.2, 0.25) is 11.8 Å². The van der Waals surface area contributed by atoms with Crippen LogP contribution in [0.15, 0.2) is 0 Å². The van der Waals surface area contributed by atoms with E-state index in [9.17, 15) is 9.59 Å². The molecule has 0 saturated carbocycles. The number of nitrogens with one attached hydrogen (secondary N) is 1. The summed E-state index contributed by atoms with van der Waals surface area (Å²) in [6, 6.07) is -0.151. The molecule has 0 aromatic carbocycles. The minimum atomic E-state index is -0.163. The van der Waals surface area contributed by atoms with Crippen molar-refractivity contribution in [1.29, 1.82) is 0 Å². The lowest BCUT2D eigenvalue weighted by Gasteiger charge is -2.45. The first kappa shape index (κ1) is 16.7. The van der Waals surface area contributed by atoms with Crippen LogP contribution < -0.4 is 5.32 Å². The lowest BCUT2D eigenvalue weighted by molar-refractivity contribution is -0.476. The summed E-state index contributed by atoms with van der Waals surface area (Å²) in [6.07, 6.45) is 2.43. The molecule has 0 aromatic rings. The van der Waals surface area contributed by atoms with Gasteiger partial charge in [-0.2, -0.15) is 0 Å². The predicted octanol–water partition coefficient (Wildman–Crippen LogP) is 0.156. The highest BCUT2D eigenvalue weighted by molar-refractivity contribution is 5.88. The molecule has 0 bridgehead atoms. The molecule has 3 aliphatic rings. The maximum absolute atomic E-state index is 12.5. The number of hydrogen-bond donors (Lipinski definition) is 1. The summed E-state index contributed by atoms with van der Waals surface area (Å²) in [4.78, 5) is 38.6. The molecule has 1 atom stereocenters. The zero-order chi connectivity index (χ0) is 16.4. The highest BCUT2D eigenvalue weighted by atomic mass is 17.2. The third kappa shape index (κ3) is 3.67. The van der Waals surface area contributed by atoms with E-state index >= 15 is 0 Å². The van der Waals surface area contributed by atoms with Crippen LogP contribution in [0.25, 0.3) is 0 Å². The van der Waals surface area contributed by atoms with Crippen LogP contribution in [0.1, 0.15) is 33.1 Å². The molecule has 0 aromatic heterocycles. The molecule has 1 N–H and O–H groups in total. The summed E-state index contributed by atoms with van der Waals surface area (Å²) in [5.74, 6) is 0.552. The van der Waals surface area contributed by atoms with Crippen molar-refractivity contribution in [2.75, 3.05) is 39.3 Å². The minimum Gasteiger partial charge on any atom is -0.341 e. The molecule has 0 aliphatic carbocycles. The Morgan fingerprint density at radius 3 is 2.61 bits per heavy atom. The van der Waals surface area contributed by atoms with Gasteiger partial charge < -0.3 is 15.1 Å². The molecule has 1 spiro atoms. The van der Waals surface area contributed by atoms with E-state index in [1.165, 1.54) is 0 Å². The van der Waals surface area contributed by atoms with Crippen LogP contribution in [-0.2, 0) is 19.4 Å². The summed E-state index contributed by atoms with van der Waals surface area (Å²) < 4.78 is 0. The molecule has 130 valence electrons. The molecule has 1 unspecified atom stereocenters. The van der Waals surface area contributed by atoms with Gasteiger partial charge in [-0.05, 0) is 25.2 Å². The summed E-state index contributed by atoms with van der Waals surface area (Å²) in [5, 5.41) is 3.26. The summed E-state index contributed by atoms with van der Waals surface area (Å²) in [6.45, 7) is 7.75. The van der Waals surface area contributed by atoms with E-state index in [2.05, 4.69) is 19.2 Å². The molecule has 3 heterocycles. The Morgan fingerprint density at radius 1 is 1.35 bits per heavy atom. The van der Waals surface area contributed by atoms with Crippen LogP contribution >= 0.6 is 0 Å². The van der Waals surface area contributed by atoms with E-state index in [1.807, 2.05) is 4.90 Å². The lowest BCUT2D eigenvalue weighted by atomic mass is 9.91. The van der Waals surface area contributed by atoms with Crippen molar-refractivity contribution in [3.8, 4) is 0 Å². The normalized spacial score (nSPS) is 27.4. The molecule has 7 heteroatoms. The first-order chi connectivity index (χ1) is 11.0. The Balaban J connectivity index is 1.50. The van der Waals surface area contributed by atoms with Gasteiger partial charge in [0.25, 0.3) is 0 Å². The Morgan fingerprint density at radius 2 is 2.04 bits per heavy atom. The van der Waals surface area contributed by atoms with Gasteiger partial charge in [-0.3, -0.25) is 9.59 Å². The highest BCUT2D eigenvalue weighted by Crippen LogP contribution is 2.33. The van der Waals surface area contributed by atoms with Crippen LogP contribution in [0.3, 0.4) is 0 Å². The third-order valence-corrected chi connectivity index (χ3v) is 5.00. The Labute approximate surface area is 137 Å². The standard InChI is InChI=1S/C16H27N3O4/c1-12(2)9-13-15(21)19(8-5-17-13)10-14(20)18-6-3-16(4-7-18)11-22-23-16/h12-13,17H,3-11H2,1-2H3. The number of rotatable bonds is 4. The first-order valence-electron chi connectivity index (χ1n) is 8.60. The molecule has 0 radical (unpaired) electrons. The van der Waals surface area contributed by atoms with E-state index in [4.69, 9.17) is 9.78 Å². The van der Waals surface area contributed by atoms with Crippen LogP contribution in [0.4, 0.5) is 0 Å². The predicted molar refractivity (Wildman–Crippen MR) is 83.4 cm³/mol. The number of carbonyl (C=O) groups excluding carboxylic acids is 2. The zero-order valence-electron chi connectivity index (χ0n) is 14.0. The van der Waals surface area contributed by atoms with E-state index in [0.29, 0.717) is 32.2 Å². The van der Waals surface area contributed by atoms with Crippen molar-refractivity contribution < 1.29 is 19.4 Å². The quantitative estimate of drug-likeness (QED) is 0.746. The van der Waals surface area contributed by atoms with Crippen molar-refractivity contribution >= 4 is 11.8 Å². The number of amides is 2. The Bertz CT molecular complexity index is 454. The van der Waals surface area contributed by atoms with Crippen molar-refractivity contribution in [3.63, 3.8) is 0 Å². The average Bonchev–Trinajstić information content (AvgIpc) is 2.49. The van der Waals surface area contributed by atoms with Crippen molar-refractivity contribution in [1.82, 2.24) is 15.1 Å². The number of piperidine rings is 1. The molecule has 3 aliphatic heterocycles. The van der Waals surface area contributed by atoms with Crippen molar-refractivity contribution in [2.45, 2.75) is 44.8 Å². The minimum absolute atomic E-state index is 0.0404. The van der Waals surface area contributed by atoms with Gasteiger partial charge in [-0.15, -0.1) is 0 Å².